The Labute approximate surface area is 113 Å². The molecule has 0 amide bonds. The van der Waals surface area contributed by atoms with Crippen LogP contribution in [0.3, 0.4) is 0 Å². The monoisotopic (exact) mass is 288 g/mol. The van der Waals surface area contributed by atoms with Gasteiger partial charge in [-0.2, -0.15) is 11.8 Å². The van der Waals surface area contributed by atoms with E-state index < -0.39 is 29.7 Å². The first-order valence-electron chi connectivity index (χ1n) is 5.96. The summed E-state index contributed by atoms with van der Waals surface area (Å²) in [5.74, 6) is 0.759. The fourth-order valence-corrected chi connectivity index (χ4v) is 3.20. The van der Waals surface area contributed by atoms with Gasteiger partial charge in [-0.05, 0) is 5.75 Å². The van der Waals surface area contributed by atoms with Crippen LogP contribution in [0.15, 0.2) is 21.9 Å². The van der Waals surface area contributed by atoms with Crippen molar-refractivity contribution in [2.75, 3.05) is 12.4 Å². The van der Waals surface area contributed by atoms with Crippen molar-refractivity contribution >= 4 is 11.8 Å². The highest BCUT2D eigenvalue weighted by Gasteiger charge is 2.44. The third kappa shape index (κ3) is 2.76. The van der Waals surface area contributed by atoms with Crippen molar-refractivity contribution in [2.45, 2.75) is 30.6 Å². The van der Waals surface area contributed by atoms with Gasteiger partial charge >= 0.3 is 5.69 Å². The molecule has 1 aromatic heterocycles. The SMILES string of the molecule is CCS[C@@H]1[C@H](O)[C@H](n2ccc(=O)[nH]c2=O)O[C@@H]1CO. The van der Waals surface area contributed by atoms with Gasteiger partial charge in [-0.3, -0.25) is 14.3 Å². The fourth-order valence-electron chi connectivity index (χ4n) is 2.12. The van der Waals surface area contributed by atoms with Gasteiger partial charge in [0, 0.05) is 12.3 Å². The topological polar surface area (TPSA) is 105 Å². The van der Waals surface area contributed by atoms with Crippen molar-refractivity contribution in [3.63, 3.8) is 0 Å². The Bertz CT molecular complexity index is 542. The molecule has 1 saturated heterocycles. The van der Waals surface area contributed by atoms with Crippen LogP contribution in [0.1, 0.15) is 13.2 Å². The van der Waals surface area contributed by atoms with Crippen LogP contribution >= 0.6 is 11.8 Å². The molecule has 0 spiro atoms. The van der Waals surface area contributed by atoms with Gasteiger partial charge in [0.15, 0.2) is 6.23 Å². The molecule has 0 saturated carbocycles. The first-order valence-corrected chi connectivity index (χ1v) is 7.00. The minimum atomic E-state index is -0.925. The molecule has 8 heteroatoms. The zero-order chi connectivity index (χ0) is 14.0. The Morgan fingerprint density at radius 3 is 2.84 bits per heavy atom. The summed E-state index contributed by atoms with van der Waals surface area (Å²) < 4.78 is 6.64. The number of aliphatic hydroxyl groups is 2. The summed E-state index contributed by atoms with van der Waals surface area (Å²) in [6.07, 6.45) is -1.08. The highest BCUT2D eigenvalue weighted by Crippen LogP contribution is 2.35. The Balaban J connectivity index is 2.30. The van der Waals surface area contributed by atoms with E-state index in [2.05, 4.69) is 4.98 Å². The smallest absolute Gasteiger partial charge is 0.330 e. The van der Waals surface area contributed by atoms with Gasteiger partial charge in [0.1, 0.15) is 6.10 Å². The van der Waals surface area contributed by atoms with E-state index in [9.17, 15) is 19.8 Å². The minimum absolute atomic E-state index is 0.233. The summed E-state index contributed by atoms with van der Waals surface area (Å²) in [6.45, 7) is 1.70. The molecule has 106 valence electrons. The van der Waals surface area contributed by atoms with Crippen molar-refractivity contribution in [1.82, 2.24) is 9.55 Å². The van der Waals surface area contributed by atoms with E-state index in [4.69, 9.17) is 4.74 Å². The lowest BCUT2D eigenvalue weighted by Crippen LogP contribution is -2.36. The number of rotatable bonds is 4. The quantitative estimate of drug-likeness (QED) is 0.650. The van der Waals surface area contributed by atoms with E-state index in [1.807, 2.05) is 6.92 Å². The molecule has 1 fully saturated rings. The number of thioether (sulfide) groups is 1. The second-order valence-electron chi connectivity index (χ2n) is 4.18. The highest BCUT2D eigenvalue weighted by molar-refractivity contribution is 8.00. The van der Waals surface area contributed by atoms with Crippen molar-refractivity contribution in [2.24, 2.45) is 0 Å². The van der Waals surface area contributed by atoms with Gasteiger partial charge in [0.05, 0.1) is 18.0 Å². The summed E-state index contributed by atoms with van der Waals surface area (Å²) in [6, 6.07) is 1.19. The van der Waals surface area contributed by atoms with Crippen LogP contribution in [0.4, 0.5) is 0 Å². The van der Waals surface area contributed by atoms with Crippen molar-refractivity contribution in [3.8, 4) is 0 Å². The number of hydrogen-bond donors (Lipinski definition) is 3. The molecule has 4 atom stereocenters. The van der Waals surface area contributed by atoms with E-state index in [0.717, 1.165) is 10.3 Å². The molecular weight excluding hydrogens is 272 g/mol. The molecule has 1 aliphatic heterocycles. The van der Waals surface area contributed by atoms with Gasteiger partial charge in [-0.25, -0.2) is 4.79 Å². The number of H-pyrrole nitrogens is 1. The molecule has 0 radical (unpaired) electrons. The summed E-state index contributed by atoms with van der Waals surface area (Å²) in [7, 11) is 0. The average molecular weight is 288 g/mol. The maximum Gasteiger partial charge on any atom is 0.330 e. The molecule has 0 unspecified atom stereocenters. The second kappa shape index (κ2) is 5.91. The first-order chi connectivity index (χ1) is 9.08. The third-order valence-electron chi connectivity index (χ3n) is 2.97. The van der Waals surface area contributed by atoms with Crippen LogP contribution in [0, 0.1) is 0 Å². The normalized spacial score (nSPS) is 30.7. The molecule has 2 rings (SSSR count). The highest BCUT2D eigenvalue weighted by atomic mass is 32.2. The molecule has 0 bridgehead atoms. The van der Waals surface area contributed by atoms with E-state index in [0.29, 0.717) is 0 Å². The lowest BCUT2D eigenvalue weighted by atomic mass is 10.2. The first kappa shape index (κ1) is 14.3. The van der Waals surface area contributed by atoms with Crippen molar-refractivity contribution in [3.05, 3.63) is 33.1 Å². The van der Waals surface area contributed by atoms with Crippen LogP contribution < -0.4 is 11.2 Å². The number of aromatic amines is 1. The summed E-state index contributed by atoms with van der Waals surface area (Å²) >= 11 is 1.46. The number of ether oxygens (including phenoxy) is 1. The van der Waals surface area contributed by atoms with Crippen LogP contribution in [0.5, 0.6) is 0 Å². The molecule has 1 aliphatic rings. The Morgan fingerprint density at radius 1 is 1.53 bits per heavy atom. The molecule has 19 heavy (non-hydrogen) atoms. The molecule has 0 aliphatic carbocycles. The maximum atomic E-state index is 11.7. The van der Waals surface area contributed by atoms with E-state index in [1.165, 1.54) is 24.0 Å². The van der Waals surface area contributed by atoms with Gasteiger partial charge in [0.2, 0.25) is 0 Å². The maximum absolute atomic E-state index is 11.7. The van der Waals surface area contributed by atoms with E-state index in [-0.39, 0.29) is 11.9 Å². The average Bonchev–Trinajstić information content (AvgIpc) is 2.68. The Hall–Kier alpha value is -1.09. The summed E-state index contributed by atoms with van der Waals surface area (Å²) in [4.78, 5) is 24.8. The number of nitrogens with one attached hydrogen (secondary N) is 1. The molecule has 7 nitrogen and oxygen atoms in total. The predicted molar refractivity (Wildman–Crippen MR) is 70.2 cm³/mol. The fraction of sp³-hybridized carbons (Fsp3) is 0.636. The molecule has 0 aromatic carbocycles. The van der Waals surface area contributed by atoms with Crippen LogP contribution in [-0.4, -0.2) is 49.6 Å². The second-order valence-corrected chi connectivity index (χ2v) is 5.63. The minimum Gasteiger partial charge on any atom is -0.394 e. The molecule has 3 N–H and O–H groups in total. The third-order valence-corrected chi connectivity index (χ3v) is 4.27. The van der Waals surface area contributed by atoms with E-state index >= 15 is 0 Å². The molecular formula is C11H16N2O5S. The van der Waals surface area contributed by atoms with Gasteiger partial charge < -0.3 is 14.9 Å². The lowest BCUT2D eigenvalue weighted by molar-refractivity contribution is -0.0530. The molecule has 1 aromatic rings. The summed E-state index contributed by atoms with van der Waals surface area (Å²) in [5.41, 5.74) is -1.15. The Morgan fingerprint density at radius 2 is 2.26 bits per heavy atom. The number of aliphatic hydroxyl groups excluding tert-OH is 2. The number of nitrogens with zero attached hydrogens (tertiary/aromatic N) is 1. The van der Waals surface area contributed by atoms with Crippen LogP contribution in [-0.2, 0) is 4.74 Å². The predicted octanol–water partition coefficient (Wildman–Crippen LogP) is -1.09. The van der Waals surface area contributed by atoms with Crippen molar-refractivity contribution < 1.29 is 14.9 Å². The van der Waals surface area contributed by atoms with Gasteiger partial charge in [-0.15, -0.1) is 0 Å². The van der Waals surface area contributed by atoms with E-state index in [1.54, 1.807) is 0 Å². The molecule has 2 heterocycles. The van der Waals surface area contributed by atoms with Crippen LogP contribution in [0.25, 0.3) is 0 Å². The standard InChI is InChI=1S/C11H16N2O5S/c1-2-19-9-6(5-14)18-10(8(9)16)13-4-3-7(15)12-11(13)17/h3-4,6,8-10,14,16H,2,5H2,1H3,(H,12,15,17)/t6-,8+,9+,10-/m1/s1. The summed E-state index contributed by atoms with van der Waals surface area (Å²) in [5, 5.41) is 19.2. The zero-order valence-corrected chi connectivity index (χ0v) is 11.2. The van der Waals surface area contributed by atoms with Crippen molar-refractivity contribution in [1.29, 1.82) is 0 Å². The number of hydrogen-bond acceptors (Lipinski definition) is 6. The van der Waals surface area contributed by atoms with Gasteiger partial charge in [-0.1, -0.05) is 6.92 Å². The van der Waals surface area contributed by atoms with Gasteiger partial charge in [0.25, 0.3) is 5.56 Å². The van der Waals surface area contributed by atoms with Crippen LogP contribution in [0.2, 0.25) is 0 Å². The Kier molecular flexibility index (Phi) is 4.46. The zero-order valence-electron chi connectivity index (χ0n) is 10.4. The lowest BCUT2D eigenvalue weighted by Gasteiger charge is -2.18. The number of aromatic nitrogens is 2. The largest absolute Gasteiger partial charge is 0.394 e.